The van der Waals surface area contributed by atoms with E-state index in [0.29, 0.717) is 6.61 Å². The first-order valence-corrected chi connectivity index (χ1v) is 4.99. The Morgan fingerprint density at radius 1 is 1.33 bits per heavy atom. The summed E-state index contributed by atoms with van der Waals surface area (Å²) in [4.78, 5) is 13.6. The largest absolute Gasteiger partial charge is 0.508 e. The van der Waals surface area contributed by atoms with Crippen molar-refractivity contribution in [1.29, 1.82) is 0 Å². The van der Waals surface area contributed by atoms with Gasteiger partial charge in [0.15, 0.2) is 0 Å². The fraction of sp³-hybridized carbons (Fsp3) is 0.364. The molecule has 4 heteroatoms. The average Bonchev–Trinajstić information content (AvgIpc) is 2.80. The molecule has 0 aliphatic carbocycles. The summed E-state index contributed by atoms with van der Waals surface area (Å²) in [6, 6.07) is 6.87. The van der Waals surface area contributed by atoms with Gasteiger partial charge in [0.25, 0.3) is 5.91 Å². The van der Waals surface area contributed by atoms with Crippen LogP contribution in [0.5, 0.6) is 5.75 Å². The summed E-state index contributed by atoms with van der Waals surface area (Å²) in [5.41, 5.74) is 0.841. The number of aromatic hydroxyl groups is 1. The Morgan fingerprint density at radius 3 is 2.67 bits per heavy atom. The van der Waals surface area contributed by atoms with E-state index < -0.39 is 0 Å². The second-order valence-corrected chi connectivity index (χ2v) is 3.94. The van der Waals surface area contributed by atoms with Crippen LogP contribution < -0.4 is 4.90 Å². The van der Waals surface area contributed by atoms with Crippen LogP contribution in [0.2, 0.25) is 0 Å². The molecule has 1 aromatic rings. The molecule has 2 atom stereocenters. The van der Waals surface area contributed by atoms with E-state index in [2.05, 4.69) is 0 Å². The van der Waals surface area contributed by atoms with Crippen LogP contribution in [-0.2, 0) is 9.53 Å². The molecule has 4 nitrogen and oxygen atoms in total. The van der Waals surface area contributed by atoms with Crippen molar-refractivity contribution in [3.8, 4) is 5.75 Å². The van der Waals surface area contributed by atoms with Gasteiger partial charge in [0, 0.05) is 12.1 Å². The number of carbonyl (C=O) groups excluding carboxylic acids is 1. The maximum absolute atomic E-state index is 11.8. The molecule has 2 bridgehead atoms. The molecule has 2 fully saturated rings. The van der Waals surface area contributed by atoms with Crippen LogP contribution in [0, 0.1) is 0 Å². The summed E-state index contributed by atoms with van der Waals surface area (Å²) in [7, 11) is 0. The summed E-state index contributed by atoms with van der Waals surface area (Å²) >= 11 is 0. The number of phenols is 1. The van der Waals surface area contributed by atoms with Crippen molar-refractivity contribution >= 4 is 11.6 Å². The van der Waals surface area contributed by atoms with Crippen LogP contribution in [0.1, 0.15) is 6.42 Å². The number of amides is 1. The molecule has 0 radical (unpaired) electrons. The summed E-state index contributed by atoms with van der Waals surface area (Å²) in [6.45, 7) is 0.622. The first kappa shape index (κ1) is 8.73. The van der Waals surface area contributed by atoms with Crippen LogP contribution in [0.15, 0.2) is 24.3 Å². The van der Waals surface area contributed by atoms with Crippen molar-refractivity contribution in [3.05, 3.63) is 24.3 Å². The van der Waals surface area contributed by atoms with Gasteiger partial charge < -0.3 is 14.7 Å². The summed E-state index contributed by atoms with van der Waals surface area (Å²) < 4.78 is 5.30. The topological polar surface area (TPSA) is 49.8 Å². The number of hydrogen-bond acceptors (Lipinski definition) is 3. The van der Waals surface area contributed by atoms with Crippen LogP contribution in [-0.4, -0.2) is 29.8 Å². The number of phenolic OH excluding ortho intramolecular Hbond substituents is 1. The van der Waals surface area contributed by atoms with E-state index in [9.17, 15) is 4.79 Å². The van der Waals surface area contributed by atoms with Gasteiger partial charge >= 0.3 is 0 Å². The third-order valence-electron chi connectivity index (χ3n) is 2.98. The Bertz CT molecular complexity index is 401. The quantitative estimate of drug-likeness (QED) is 0.741. The van der Waals surface area contributed by atoms with E-state index in [0.717, 1.165) is 12.1 Å². The summed E-state index contributed by atoms with van der Waals surface area (Å²) in [6.07, 6.45) is 0.545. The van der Waals surface area contributed by atoms with Crippen molar-refractivity contribution in [1.82, 2.24) is 0 Å². The molecule has 0 spiro atoms. The van der Waals surface area contributed by atoms with E-state index in [4.69, 9.17) is 9.84 Å². The molecule has 0 aromatic heterocycles. The molecule has 2 aliphatic rings. The minimum absolute atomic E-state index is 0.0388. The second kappa shape index (κ2) is 2.97. The number of fused-ring (bicyclic) bond motifs is 2. The van der Waals surface area contributed by atoms with Gasteiger partial charge in [0.2, 0.25) is 0 Å². The van der Waals surface area contributed by atoms with E-state index in [1.54, 1.807) is 29.2 Å². The second-order valence-electron chi connectivity index (χ2n) is 3.94. The Balaban J connectivity index is 1.94. The van der Waals surface area contributed by atoms with Gasteiger partial charge in [0.1, 0.15) is 11.9 Å². The zero-order valence-corrected chi connectivity index (χ0v) is 8.09. The molecular formula is C11H11NO3. The number of ether oxygens (including phenoxy) is 1. The van der Waals surface area contributed by atoms with E-state index in [-0.39, 0.29) is 23.8 Å². The zero-order chi connectivity index (χ0) is 10.4. The van der Waals surface area contributed by atoms with Gasteiger partial charge in [-0.25, -0.2) is 0 Å². The molecule has 3 rings (SSSR count). The van der Waals surface area contributed by atoms with Crippen molar-refractivity contribution in [2.75, 3.05) is 11.5 Å². The Kier molecular flexibility index (Phi) is 1.73. The number of nitrogens with zero attached hydrogens (tertiary/aromatic N) is 1. The molecule has 78 valence electrons. The number of carbonyl (C=O) groups is 1. The SMILES string of the molecule is O=C1C2CC(CO2)N1c1ccc(O)cc1. The van der Waals surface area contributed by atoms with Crippen LogP contribution in [0.3, 0.4) is 0 Å². The lowest BCUT2D eigenvalue weighted by molar-refractivity contribution is -0.128. The minimum Gasteiger partial charge on any atom is -0.508 e. The maximum atomic E-state index is 11.8. The monoisotopic (exact) mass is 205 g/mol. The Hall–Kier alpha value is -1.55. The molecule has 2 aliphatic heterocycles. The number of rotatable bonds is 1. The van der Waals surface area contributed by atoms with E-state index in [1.165, 1.54) is 0 Å². The summed E-state index contributed by atoms with van der Waals surface area (Å²) in [5.74, 6) is 0.253. The number of anilines is 1. The molecule has 15 heavy (non-hydrogen) atoms. The highest BCUT2D eigenvalue weighted by Gasteiger charge is 2.46. The highest BCUT2D eigenvalue weighted by Crippen LogP contribution is 2.33. The van der Waals surface area contributed by atoms with Crippen molar-refractivity contribution in [2.24, 2.45) is 0 Å². The highest BCUT2D eigenvalue weighted by molar-refractivity contribution is 6.00. The van der Waals surface area contributed by atoms with Crippen molar-refractivity contribution < 1.29 is 14.6 Å². The maximum Gasteiger partial charge on any atom is 0.256 e. The van der Waals surface area contributed by atoms with Gasteiger partial charge in [-0.2, -0.15) is 0 Å². The molecule has 2 saturated heterocycles. The summed E-state index contributed by atoms with van der Waals surface area (Å²) in [5, 5.41) is 9.17. The zero-order valence-electron chi connectivity index (χ0n) is 8.09. The predicted molar refractivity (Wildman–Crippen MR) is 53.7 cm³/mol. The number of benzene rings is 1. The molecule has 0 saturated carbocycles. The Morgan fingerprint density at radius 2 is 2.07 bits per heavy atom. The molecule has 1 aromatic carbocycles. The van der Waals surface area contributed by atoms with Crippen molar-refractivity contribution in [3.63, 3.8) is 0 Å². The van der Waals surface area contributed by atoms with Gasteiger partial charge in [-0.05, 0) is 24.3 Å². The first-order valence-electron chi connectivity index (χ1n) is 4.99. The standard InChI is InChI=1S/C11H11NO3/c13-9-3-1-7(2-4-9)12-8-5-10(11(12)14)15-6-8/h1-4,8,10,13H,5-6H2. The fourth-order valence-electron chi connectivity index (χ4n) is 2.25. The highest BCUT2D eigenvalue weighted by atomic mass is 16.5. The minimum atomic E-state index is -0.246. The van der Waals surface area contributed by atoms with E-state index in [1.807, 2.05) is 0 Å². The number of morpholine rings is 1. The van der Waals surface area contributed by atoms with Gasteiger partial charge in [-0.15, -0.1) is 0 Å². The molecule has 1 amide bonds. The fourth-order valence-corrected chi connectivity index (χ4v) is 2.25. The molecule has 2 unspecified atom stereocenters. The van der Waals surface area contributed by atoms with Gasteiger partial charge in [0.05, 0.1) is 12.6 Å². The van der Waals surface area contributed by atoms with Gasteiger partial charge in [-0.1, -0.05) is 0 Å². The van der Waals surface area contributed by atoms with Crippen molar-refractivity contribution in [2.45, 2.75) is 18.6 Å². The lowest BCUT2D eigenvalue weighted by atomic mass is 10.2. The molecule has 1 N–H and O–H groups in total. The molecule has 2 heterocycles. The lowest BCUT2D eigenvalue weighted by Crippen LogP contribution is -2.41. The number of hydrogen-bond donors (Lipinski definition) is 1. The predicted octanol–water partition coefficient (Wildman–Crippen LogP) is 0.896. The van der Waals surface area contributed by atoms with Gasteiger partial charge in [-0.3, -0.25) is 4.79 Å². The van der Waals surface area contributed by atoms with E-state index >= 15 is 0 Å². The normalized spacial score (nSPS) is 28.8. The Labute approximate surface area is 87.1 Å². The third-order valence-corrected chi connectivity index (χ3v) is 2.98. The smallest absolute Gasteiger partial charge is 0.256 e. The third kappa shape index (κ3) is 1.22. The first-order chi connectivity index (χ1) is 7.25. The lowest BCUT2D eigenvalue weighted by Gasteiger charge is -2.26. The van der Waals surface area contributed by atoms with Crippen LogP contribution in [0.4, 0.5) is 5.69 Å². The molecular weight excluding hydrogens is 194 g/mol. The van der Waals surface area contributed by atoms with Crippen LogP contribution in [0.25, 0.3) is 0 Å². The average molecular weight is 205 g/mol. The van der Waals surface area contributed by atoms with Crippen LogP contribution >= 0.6 is 0 Å².